The van der Waals surface area contributed by atoms with Crippen LogP contribution >= 0.6 is 0 Å². The Bertz CT molecular complexity index is 949. The first kappa shape index (κ1) is 26.1. The summed E-state index contributed by atoms with van der Waals surface area (Å²) < 4.78 is 27.5. The summed E-state index contributed by atoms with van der Waals surface area (Å²) in [4.78, 5) is 38.6. The van der Waals surface area contributed by atoms with Crippen LogP contribution in [0.3, 0.4) is 0 Å². The number of rotatable bonds is 10. The predicted molar refractivity (Wildman–Crippen MR) is 125 cm³/mol. The first-order chi connectivity index (χ1) is 16.2. The van der Waals surface area contributed by atoms with E-state index in [1.54, 1.807) is 23.1 Å². The minimum atomic E-state index is -4.02. The second-order valence-electron chi connectivity index (χ2n) is 9.00. The number of nitrogens with one attached hydrogen (secondary N) is 3. The molecule has 2 atom stereocenters. The van der Waals surface area contributed by atoms with Gasteiger partial charge in [0.05, 0.1) is 17.2 Å². The predicted octanol–water partition coefficient (Wildman–Crippen LogP) is 0.900. The quantitative estimate of drug-likeness (QED) is 0.354. The van der Waals surface area contributed by atoms with Crippen LogP contribution in [-0.4, -0.2) is 68.6 Å². The lowest BCUT2D eigenvalue weighted by Crippen LogP contribution is -2.53. The summed E-state index contributed by atoms with van der Waals surface area (Å²) in [5.41, 5.74) is 0. The molecule has 2 amide bonds. The van der Waals surface area contributed by atoms with Gasteiger partial charge in [-0.15, -0.1) is 0 Å². The molecule has 0 bridgehead atoms. The standard InChI is InChI=1S/C23H34N4O6S/c28-21(9-8-17-10-12-24-13-11-17)27-14-4-5-18(16-27)23(31)25-20(15-22(29)30)26-34(32,33)19-6-2-1-3-7-19/h1-3,6-7,17-18,20,24,26H,4-5,8-16H2,(H,25,31)(H,29,30)/t18-,20+/m1/s1. The molecule has 34 heavy (non-hydrogen) atoms. The van der Waals surface area contributed by atoms with Gasteiger partial charge in [0.25, 0.3) is 0 Å². The Kier molecular flexibility index (Phi) is 9.43. The van der Waals surface area contributed by atoms with Crippen molar-refractivity contribution in [1.29, 1.82) is 0 Å². The highest BCUT2D eigenvalue weighted by Gasteiger charge is 2.31. The third kappa shape index (κ3) is 7.78. The summed E-state index contributed by atoms with van der Waals surface area (Å²) in [6, 6.07) is 7.54. The van der Waals surface area contributed by atoms with Crippen LogP contribution in [0.1, 0.15) is 44.9 Å². The molecule has 11 heteroatoms. The molecular formula is C23H34N4O6S. The van der Waals surface area contributed by atoms with Crippen molar-refractivity contribution in [1.82, 2.24) is 20.3 Å². The number of likely N-dealkylation sites (tertiary alicyclic amines) is 1. The van der Waals surface area contributed by atoms with Crippen molar-refractivity contribution in [2.45, 2.75) is 56.0 Å². The molecule has 1 aromatic carbocycles. The van der Waals surface area contributed by atoms with Gasteiger partial charge < -0.3 is 20.6 Å². The average molecular weight is 495 g/mol. The smallest absolute Gasteiger partial charge is 0.306 e. The Morgan fingerprint density at radius 2 is 1.82 bits per heavy atom. The van der Waals surface area contributed by atoms with Crippen LogP contribution in [0.2, 0.25) is 0 Å². The molecule has 3 rings (SSSR count). The van der Waals surface area contributed by atoms with E-state index in [0.717, 1.165) is 32.4 Å². The Hall–Kier alpha value is -2.50. The molecule has 0 aromatic heterocycles. The van der Waals surface area contributed by atoms with Crippen molar-refractivity contribution >= 4 is 27.8 Å². The average Bonchev–Trinajstić information content (AvgIpc) is 2.83. The SMILES string of the molecule is O=C(O)C[C@@H](NC(=O)[C@@H]1CCCN(C(=O)CCC2CCNCC2)C1)NS(=O)(=O)c1ccccc1. The highest BCUT2D eigenvalue weighted by molar-refractivity contribution is 7.89. The second-order valence-corrected chi connectivity index (χ2v) is 10.7. The number of carboxylic acid groups (broad SMARTS) is 1. The maximum atomic E-state index is 12.9. The van der Waals surface area contributed by atoms with Crippen LogP contribution in [0.25, 0.3) is 0 Å². The van der Waals surface area contributed by atoms with E-state index in [1.807, 2.05) is 0 Å². The lowest BCUT2D eigenvalue weighted by molar-refractivity contribution is -0.138. The van der Waals surface area contributed by atoms with E-state index in [9.17, 15) is 27.9 Å². The third-order valence-electron chi connectivity index (χ3n) is 6.42. The molecule has 4 N–H and O–H groups in total. The third-order valence-corrected chi connectivity index (χ3v) is 7.90. The molecule has 1 aromatic rings. The molecule has 10 nitrogen and oxygen atoms in total. The number of aliphatic carboxylic acids is 1. The zero-order chi connectivity index (χ0) is 24.6. The maximum absolute atomic E-state index is 12.9. The number of carbonyl (C=O) groups excluding carboxylic acids is 2. The number of nitrogens with zero attached hydrogens (tertiary/aromatic N) is 1. The van der Waals surface area contributed by atoms with E-state index in [2.05, 4.69) is 15.4 Å². The van der Waals surface area contributed by atoms with E-state index in [0.29, 0.717) is 31.7 Å². The molecule has 2 saturated heterocycles. The number of amides is 2. The highest BCUT2D eigenvalue weighted by Crippen LogP contribution is 2.22. The molecule has 0 unspecified atom stereocenters. The van der Waals surface area contributed by atoms with E-state index in [1.165, 1.54) is 12.1 Å². The molecule has 0 aliphatic carbocycles. The topological polar surface area (TPSA) is 145 Å². The molecule has 0 saturated carbocycles. The molecule has 2 aliphatic rings. The number of carboxylic acids is 1. The summed E-state index contributed by atoms with van der Waals surface area (Å²) in [6.07, 6.45) is 2.74. The minimum Gasteiger partial charge on any atom is -0.481 e. The van der Waals surface area contributed by atoms with Crippen LogP contribution < -0.4 is 15.4 Å². The summed E-state index contributed by atoms with van der Waals surface area (Å²) >= 11 is 0. The van der Waals surface area contributed by atoms with Crippen LogP contribution in [0.15, 0.2) is 35.2 Å². The molecule has 188 valence electrons. The van der Waals surface area contributed by atoms with Crippen molar-refractivity contribution in [2.24, 2.45) is 11.8 Å². The van der Waals surface area contributed by atoms with Gasteiger partial charge >= 0.3 is 5.97 Å². The van der Waals surface area contributed by atoms with E-state index in [-0.39, 0.29) is 17.3 Å². The van der Waals surface area contributed by atoms with Gasteiger partial charge in [0, 0.05) is 19.5 Å². The normalized spacial score (nSPS) is 20.5. The molecule has 2 fully saturated rings. The number of carbonyl (C=O) groups is 3. The molecule has 0 spiro atoms. The minimum absolute atomic E-state index is 0.0252. The van der Waals surface area contributed by atoms with Gasteiger partial charge in [0.2, 0.25) is 21.8 Å². The second kappa shape index (κ2) is 12.3. The number of sulfonamides is 1. The van der Waals surface area contributed by atoms with Crippen molar-refractivity contribution in [2.75, 3.05) is 26.2 Å². The van der Waals surface area contributed by atoms with Gasteiger partial charge in [-0.3, -0.25) is 14.4 Å². The van der Waals surface area contributed by atoms with Crippen molar-refractivity contribution < 1.29 is 27.9 Å². The van der Waals surface area contributed by atoms with E-state index >= 15 is 0 Å². The zero-order valence-corrected chi connectivity index (χ0v) is 20.1. The van der Waals surface area contributed by atoms with E-state index in [4.69, 9.17) is 0 Å². The molecule has 2 heterocycles. The first-order valence-corrected chi connectivity index (χ1v) is 13.3. The molecular weight excluding hydrogens is 460 g/mol. The number of benzene rings is 1. The summed E-state index contributed by atoms with van der Waals surface area (Å²) in [6.45, 7) is 2.81. The van der Waals surface area contributed by atoms with Crippen molar-refractivity contribution in [3.05, 3.63) is 30.3 Å². The number of piperidine rings is 2. The van der Waals surface area contributed by atoms with Crippen LogP contribution in [0.5, 0.6) is 0 Å². The van der Waals surface area contributed by atoms with Gasteiger partial charge in [-0.1, -0.05) is 18.2 Å². The Morgan fingerprint density at radius 3 is 2.50 bits per heavy atom. The summed E-state index contributed by atoms with van der Waals surface area (Å²) in [7, 11) is -4.02. The number of hydrogen-bond donors (Lipinski definition) is 4. The molecule has 2 aliphatic heterocycles. The van der Waals surface area contributed by atoms with Crippen LogP contribution in [-0.2, 0) is 24.4 Å². The molecule has 0 radical (unpaired) electrons. The van der Waals surface area contributed by atoms with Gasteiger partial charge in [0.15, 0.2) is 0 Å². The Balaban J connectivity index is 1.56. The van der Waals surface area contributed by atoms with Crippen molar-refractivity contribution in [3.63, 3.8) is 0 Å². The van der Waals surface area contributed by atoms with Crippen LogP contribution in [0, 0.1) is 11.8 Å². The summed E-state index contributed by atoms with van der Waals surface area (Å²) in [5, 5.41) is 15.1. The maximum Gasteiger partial charge on any atom is 0.306 e. The monoisotopic (exact) mass is 494 g/mol. The van der Waals surface area contributed by atoms with E-state index < -0.39 is 40.4 Å². The summed E-state index contributed by atoms with van der Waals surface area (Å²) in [5.74, 6) is -1.65. The Labute approximate surface area is 200 Å². The fourth-order valence-corrected chi connectivity index (χ4v) is 5.68. The van der Waals surface area contributed by atoms with Gasteiger partial charge in [0.1, 0.15) is 6.17 Å². The van der Waals surface area contributed by atoms with Gasteiger partial charge in [-0.2, -0.15) is 4.72 Å². The largest absolute Gasteiger partial charge is 0.481 e. The fraction of sp³-hybridized carbons (Fsp3) is 0.609. The van der Waals surface area contributed by atoms with Crippen LogP contribution in [0.4, 0.5) is 0 Å². The van der Waals surface area contributed by atoms with Crippen molar-refractivity contribution in [3.8, 4) is 0 Å². The fourth-order valence-electron chi connectivity index (χ4n) is 4.52. The lowest BCUT2D eigenvalue weighted by Gasteiger charge is -2.33. The zero-order valence-electron chi connectivity index (χ0n) is 19.2. The van der Waals surface area contributed by atoms with Gasteiger partial charge in [-0.25, -0.2) is 8.42 Å². The number of hydrogen-bond acceptors (Lipinski definition) is 6. The van der Waals surface area contributed by atoms with Gasteiger partial charge in [-0.05, 0) is 63.2 Å². The first-order valence-electron chi connectivity index (χ1n) is 11.8. The lowest BCUT2D eigenvalue weighted by atomic mass is 9.92. The Morgan fingerprint density at radius 1 is 1.12 bits per heavy atom. The highest BCUT2D eigenvalue weighted by atomic mass is 32.2.